The molecule has 0 bridgehead atoms. The molecule has 0 amide bonds. The first-order chi connectivity index (χ1) is 9.06. The van der Waals surface area contributed by atoms with Crippen LogP contribution >= 0.6 is 0 Å². The van der Waals surface area contributed by atoms with Crippen molar-refractivity contribution >= 4 is 0 Å². The summed E-state index contributed by atoms with van der Waals surface area (Å²) in [5.41, 5.74) is 8.67. The molecule has 0 aliphatic heterocycles. The lowest BCUT2D eigenvalue weighted by molar-refractivity contribution is 0.290. The molecule has 2 aromatic rings. The van der Waals surface area contributed by atoms with Gasteiger partial charge >= 0.3 is 0 Å². The van der Waals surface area contributed by atoms with E-state index in [4.69, 9.17) is 10.5 Å². The van der Waals surface area contributed by atoms with Gasteiger partial charge in [0.05, 0.1) is 0 Å². The number of hydrogen-bond acceptors (Lipinski definition) is 2. The Kier molecular flexibility index (Phi) is 4.17. The first-order valence-corrected chi connectivity index (χ1v) is 6.29. The molecule has 0 aromatic heterocycles. The molecule has 1 unspecified atom stereocenters. The number of ether oxygens (including phenoxy) is 1. The molecule has 2 aromatic carbocycles. The Bertz CT molecular complexity index is 549. The maximum Gasteiger partial charge on any atom is 0.165 e. The zero-order chi connectivity index (χ0) is 13.8. The maximum atomic E-state index is 13.8. The van der Waals surface area contributed by atoms with E-state index in [1.807, 2.05) is 38.1 Å². The average molecular weight is 259 g/mol. The highest BCUT2D eigenvalue weighted by atomic mass is 19.1. The Morgan fingerprint density at radius 2 is 1.84 bits per heavy atom. The van der Waals surface area contributed by atoms with Gasteiger partial charge in [0.25, 0.3) is 0 Å². The number of halogens is 1. The van der Waals surface area contributed by atoms with E-state index in [-0.39, 0.29) is 17.6 Å². The molecule has 1 atom stereocenters. The van der Waals surface area contributed by atoms with E-state index in [2.05, 4.69) is 0 Å². The molecule has 100 valence electrons. The molecule has 19 heavy (non-hydrogen) atoms. The second-order valence-electron chi connectivity index (χ2n) is 4.75. The summed E-state index contributed by atoms with van der Waals surface area (Å²) in [4.78, 5) is 0. The summed E-state index contributed by atoms with van der Waals surface area (Å²) in [5.74, 6) is -0.119. The Balaban J connectivity index is 2.05. The molecule has 2 N–H and O–H groups in total. The molecule has 0 fully saturated rings. The second kappa shape index (κ2) is 5.85. The van der Waals surface area contributed by atoms with Gasteiger partial charge in [-0.2, -0.15) is 0 Å². The molecule has 0 radical (unpaired) electrons. The van der Waals surface area contributed by atoms with Gasteiger partial charge in [-0.15, -0.1) is 0 Å². The summed E-state index contributed by atoms with van der Waals surface area (Å²) < 4.78 is 19.3. The van der Waals surface area contributed by atoms with Gasteiger partial charge in [0, 0.05) is 6.04 Å². The fraction of sp³-hybridized carbons (Fsp3) is 0.250. The third-order valence-electron chi connectivity index (χ3n) is 3.00. The second-order valence-corrected chi connectivity index (χ2v) is 4.75. The highest BCUT2D eigenvalue weighted by molar-refractivity contribution is 5.31. The Morgan fingerprint density at radius 1 is 1.16 bits per heavy atom. The summed E-state index contributed by atoms with van der Waals surface area (Å²) in [6.07, 6.45) is 0. The van der Waals surface area contributed by atoms with E-state index in [1.54, 1.807) is 12.1 Å². The van der Waals surface area contributed by atoms with Crippen LogP contribution in [0.2, 0.25) is 0 Å². The number of nitrogens with two attached hydrogens (primary N) is 1. The molecule has 0 heterocycles. The van der Waals surface area contributed by atoms with E-state index in [0.717, 1.165) is 11.1 Å². The van der Waals surface area contributed by atoms with E-state index >= 15 is 0 Å². The molecule has 0 saturated carbocycles. The SMILES string of the molecule is Cc1ccc(COc2ccc(C(C)N)cc2F)cc1. The van der Waals surface area contributed by atoms with Crippen molar-refractivity contribution in [3.8, 4) is 5.75 Å². The summed E-state index contributed by atoms with van der Waals surface area (Å²) in [6, 6.07) is 12.6. The lowest BCUT2D eigenvalue weighted by Gasteiger charge is -2.10. The van der Waals surface area contributed by atoms with Crippen LogP contribution in [0.1, 0.15) is 29.7 Å². The van der Waals surface area contributed by atoms with Gasteiger partial charge < -0.3 is 10.5 Å². The summed E-state index contributed by atoms with van der Waals surface area (Å²) in [6.45, 7) is 4.20. The number of aryl methyl sites for hydroxylation is 1. The number of benzene rings is 2. The molecule has 2 nitrogen and oxygen atoms in total. The smallest absolute Gasteiger partial charge is 0.165 e. The number of rotatable bonds is 4. The predicted octanol–water partition coefficient (Wildman–Crippen LogP) is 3.73. The molecule has 0 aliphatic carbocycles. The van der Waals surface area contributed by atoms with Gasteiger partial charge in [0.2, 0.25) is 0 Å². The van der Waals surface area contributed by atoms with Crippen LogP contribution in [0, 0.1) is 12.7 Å². The van der Waals surface area contributed by atoms with E-state index in [0.29, 0.717) is 6.61 Å². The minimum atomic E-state index is -0.373. The van der Waals surface area contributed by atoms with Crippen LogP contribution in [0.5, 0.6) is 5.75 Å². The largest absolute Gasteiger partial charge is 0.486 e. The Labute approximate surface area is 113 Å². The lowest BCUT2D eigenvalue weighted by atomic mass is 10.1. The molecule has 0 spiro atoms. The van der Waals surface area contributed by atoms with E-state index in [1.165, 1.54) is 11.6 Å². The van der Waals surface area contributed by atoms with Crippen molar-refractivity contribution in [2.24, 2.45) is 5.73 Å². The maximum absolute atomic E-state index is 13.8. The number of hydrogen-bond donors (Lipinski definition) is 1. The monoisotopic (exact) mass is 259 g/mol. The third kappa shape index (κ3) is 3.55. The first kappa shape index (κ1) is 13.6. The molecular weight excluding hydrogens is 241 g/mol. The van der Waals surface area contributed by atoms with Crippen LogP contribution in [0.4, 0.5) is 4.39 Å². The zero-order valence-electron chi connectivity index (χ0n) is 11.2. The molecule has 0 saturated heterocycles. The normalized spacial score (nSPS) is 12.2. The fourth-order valence-electron chi connectivity index (χ4n) is 1.76. The van der Waals surface area contributed by atoms with Crippen LogP contribution in [0.25, 0.3) is 0 Å². The summed E-state index contributed by atoms with van der Waals surface area (Å²) >= 11 is 0. The van der Waals surface area contributed by atoms with Crippen molar-refractivity contribution in [3.05, 3.63) is 65.0 Å². The molecule has 0 aliphatic rings. The van der Waals surface area contributed by atoms with Gasteiger partial charge in [0.15, 0.2) is 11.6 Å². The molecule has 3 heteroatoms. The molecular formula is C16H18FNO. The molecule has 2 rings (SSSR count). The quantitative estimate of drug-likeness (QED) is 0.908. The van der Waals surface area contributed by atoms with Gasteiger partial charge in [-0.05, 0) is 37.1 Å². The van der Waals surface area contributed by atoms with Crippen LogP contribution in [0.15, 0.2) is 42.5 Å². The van der Waals surface area contributed by atoms with Crippen LogP contribution in [0.3, 0.4) is 0 Å². The first-order valence-electron chi connectivity index (χ1n) is 6.29. The topological polar surface area (TPSA) is 35.2 Å². The minimum Gasteiger partial charge on any atom is -0.486 e. The van der Waals surface area contributed by atoms with Crippen molar-refractivity contribution in [1.29, 1.82) is 0 Å². The Morgan fingerprint density at radius 3 is 2.42 bits per heavy atom. The summed E-state index contributed by atoms with van der Waals surface area (Å²) in [5, 5.41) is 0. The van der Waals surface area contributed by atoms with Gasteiger partial charge in [0.1, 0.15) is 6.61 Å². The third-order valence-corrected chi connectivity index (χ3v) is 3.00. The summed E-state index contributed by atoms with van der Waals surface area (Å²) in [7, 11) is 0. The van der Waals surface area contributed by atoms with Crippen molar-refractivity contribution in [2.75, 3.05) is 0 Å². The van der Waals surface area contributed by atoms with Crippen molar-refractivity contribution in [1.82, 2.24) is 0 Å². The van der Waals surface area contributed by atoms with Crippen molar-refractivity contribution in [2.45, 2.75) is 26.5 Å². The van der Waals surface area contributed by atoms with Crippen molar-refractivity contribution in [3.63, 3.8) is 0 Å². The van der Waals surface area contributed by atoms with Gasteiger partial charge in [-0.3, -0.25) is 0 Å². The van der Waals surface area contributed by atoms with Crippen LogP contribution in [-0.2, 0) is 6.61 Å². The van der Waals surface area contributed by atoms with Crippen LogP contribution < -0.4 is 10.5 Å². The highest BCUT2D eigenvalue weighted by Crippen LogP contribution is 2.22. The van der Waals surface area contributed by atoms with Gasteiger partial charge in [-0.25, -0.2) is 4.39 Å². The standard InChI is InChI=1S/C16H18FNO/c1-11-3-5-13(6-4-11)10-19-16-8-7-14(12(2)18)9-15(16)17/h3-9,12H,10,18H2,1-2H3. The Hall–Kier alpha value is -1.87. The van der Waals surface area contributed by atoms with E-state index in [9.17, 15) is 4.39 Å². The van der Waals surface area contributed by atoms with Crippen LogP contribution in [-0.4, -0.2) is 0 Å². The zero-order valence-corrected chi connectivity index (χ0v) is 11.2. The predicted molar refractivity (Wildman–Crippen MR) is 74.5 cm³/mol. The lowest BCUT2D eigenvalue weighted by Crippen LogP contribution is -2.06. The minimum absolute atomic E-state index is 0.180. The fourth-order valence-corrected chi connectivity index (χ4v) is 1.76. The van der Waals surface area contributed by atoms with Gasteiger partial charge in [-0.1, -0.05) is 35.9 Å². The highest BCUT2D eigenvalue weighted by Gasteiger charge is 2.07. The average Bonchev–Trinajstić information content (AvgIpc) is 2.39. The van der Waals surface area contributed by atoms with E-state index < -0.39 is 0 Å². The van der Waals surface area contributed by atoms with Crippen molar-refractivity contribution < 1.29 is 9.13 Å².